The molecule has 0 spiro atoms. The number of benzene rings is 3. The Morgan fingerprint density at radius 2 is 1.37 bits per heavy atom. The van der Waals surface area contributed by atoms with E-state index in [1.807, 2.05) is 54.6 Å². The number of unbranched alkanes of at least 4 members (excludes halogenated alkanes) is 1. The maximum atomic E-state index is 14.9. The summed E-state index contributed by atoms with van der Waals surface area (Å²) in [5.41, 5.74) is 2.73. The SMILES string of the molecule is CCCCP(=O)(Cc1ccccc1)C(c1ccccc1)c1c(OC)cccc1OC. The first-order valence-corrected chi connectivity index (χ1v) is 12.6. The number of hydrogen-bond acceptors (Lipinski definition) is 3. The first-order chi connectivity index (χ1) is 14.6. The van der Waals surface area contributed by atoms with Gasteiger partial charge in [-0.05, 0) is 29.7 Å². The van der Waals surface area contributed by atoms with Crippen LogP contribution in [0.4, 0.5) is 0 Å². The molecule has 2 atom stereocenters. The summed E-state index contributed by atoms with van der Waals surface area (Å²) in [5, 5.41) is 0. The van der Waals surface area contributed by atoms with E-state index >= 15 is 0 Å². The number of methoxy groups -OCH3 is 2. The van der Waals surface area contributed by atoms with Crippen molar-refractivity contribution in [3.63, 3.8) is 0 Å². The lowest BCUT2D eigenvalue weighted by Gasteiger charge is -2.31. The van der Waals surface area contributed by atoms with Gasteiger partial charge < -0.3 is 14.0 Å². The Morgan fingerprint density at radius 1 is 0.800 bits per heavy atom. The molecule has 0 bridgehead atoms. The number of rotatable bonds is 10. The lowest BCUT2D eigenvalue weighted by atomic mass is 10.0. The van der Waals surface area contributed by atoms with Gasteiger partial charge in [0, 0.05) is 12.3 Å². The van der Waals surface area contributed by atoms with Crippen molar-refractivity contribution in [3.05, 3.63) is 95.6 Å². The van der Waals surface area contributed by atoms with E-state index in [9.17, 15) is 4.57 Å². The van der Waals surface area contributed by atoms with Gasteiger partial charge >= 0.3 is 0 Å². The Labute approximate surface area is 180 Å². The molecule has 0 amide bonds. The highest BCUT2D eigenvalue weighted by atomic mass is 31.2. The first-order valence-electron chi connectivity index (χ1n) is 10.5. The molecule has 0 aliphatic carbocycles. The fourth-order valence-corrected chi connectivity index (χ4v) is 7.80. The molecule has 30 heavy (non-hydrogen) atoms. The predicted molar refractivity (Wildman–Crippen MR) is 125 cm³/mol. The molecule has 4 heteroatoms. The second-order valence-electron chi connectivity index (χ2n) is 7.56. The lowest BCUT2D eigenvalue weighted by molar-refractivity contribution is 0.385. The van der Waals surface area contributed by atoms with E-state index in [1.54, 1.807) is 14.2 Å². The second kappa shape index (κ2) is 10.5. The van der Waals surface area contributed by atoms with E-state index in [0.717, 1.165) is 29.5 Å². The standard InChI is InChI=1S/C26H31O3P/c1-4-5-19-30(27,20-21-13-8-6-9-14-21)26(22-15-10-7-11-16-22)25-23(28-2)17-12-18-24(25)29-3/h6-18,26H,4-5,19-20H2,1-3H3. The molecule has 0 aliphatic rings. The van der Waals surface area contributed by atoms with Crippen LogP contribution in [-0.4, -0.2) is 20.4 Å². The van der Waals surface area contributed by atoms with Gasteiger partial charge in [-0.3, -0.25) is 0 Å². The molecule has 0 aliphatic heterocycles. The summed E-state index contributed by atoms with van der Waals surface area (Å²) in [7, 11) is 0.570. The van der Waals surface area contributed by atoms with E-state index in [2.05, 4.69) is 31.2 Å². The molecule has 0 heterocycles. The molecule has 0 aromatic heterocycles. The topological polar surface area (TPSA) is 35.5 Å². The Hall–Kier alpha value is -2.51. The van der Waals surface area contributed by atoms with Gasteiger partial charge in [0.2, 0.25) is 0 Å². The van der Waals surface area contributed by atoms with Crippen molar-refractivity contribution in [2.75, 3.05) is 20.4 Å². The molecule has 0 fully saturated rings. The smallest absolute Gasteiger partial charge is 0.126 e. The summed E-state index contributed by atoms with van der Waals surface area (Å²) in [4.78, 5) is 0. The monoisotopic (exact) mass is 422 g/mol. The molecule has 3 rings (SSSR count). The summed E-state index contributed by atoms with van der Waals surface area (Å²) in [6, 6.07) is 26.1. The lowest BCUT2D eigenvalue weighted by Crippen LogP contribution is -2.11. The molecule has 0 saturated heterocycles. The third kappa shape index (κ3) is 4.96. The van der Waals surface area contributed by atoms with Crippen LogP contribution in [0.2, 0.25) is 0 Å². The van der Waals surface area contributed by atoms with Crippen LogP contribution in [0.1, 0.15) is 42.1 Å². The minimum atomic E-state index is -2.75. The zero-order chi connectivity index (χ0) is 21.4. The van der Waals surface area contributed by atoms with E-state index in [0.29, 0.717) is 23.8 Å². The highest BCUT2D eigenvalue weighted by molar-refractivity contribution is 7.63. The molecule has 158 valence electrons. The Bertz CT molecular complexity index is 948. The minimum absolute atomic E-state index is 0.295. The molecule has 3 aromatic rings. The predicted octanol–water partition coefficient (Wildman–Crippen LogP) is 7.16. The van der Waals surface area contributed by atoms with Gasteiger partial charge in [0.05, 0.1) is 25.4 Å². The van der Waals surface area contributed by atoms with E-state index in [-0.39, 0.29) is 5.66 Å². The summed E-state index contributed by atoms with van der Waals surface area (Å²) < 4.78 is 26.3. The third-order valence-corrected chi connectivity index (χ3v) is 8.98. The van der Waals surface area contributed by atoms with E-state index < -0.39 is 7.14 Å². The van der Waals surface area contributed by atoms with Crippen LogP contribution in [0.3, 0.4) is 0 Å². The van der Waals surface area contributed by atoms with Crippen LogP contribution < -0.4 is 9.47 Å². The summed E-state index contributed by atoms with van der Waals surface area (Å²) in [5.74, 6) is 1.43. The largest absolute Gasteiger partial charge is 0.496 e. The molecule has 0 N–H and O–H groups in total. The fourth-order valence-electron chi connectivity index (χ4n) is 4.08. The quantitative estimate of drug-likeness (QED) is 0.325. The Balaban J connectivity index is 2.23. The van der Waals surface area contributed by atoms with Crippen molar-refractivity contribution < 1.29 is 14.0 Å². The zero-order valence-electron chi connectivity index (χ0n) is 18.1. The van der Waals surface area contributed by atoms with Gasteiger partial charge in [0.25, 0.3) is 0 Å². The van der Waals surface area contributed by atoms with Crippen LogP contribution in [0.15, 0.2) is 78.9 Å². The summed E-state index contributed by atoms with van der Waals surface area (Å²) in [6.07, 6.45) is 3.15. The van der Waals surface area contributed by atoms with E-state index in [1.165, 1.54) is 0 Å². The highest BCUT2D eigenvalue weighted by Crippen LogP contribution is 2.66. The van der Waals surface area contributed by atoms with Crippen LogP contribution >= 0.6 is 7.14 Å². The van der Waals surface area contributed by atoms with Crippen molar-refractivity contribution in [1.82, 2.24) is 0 Å². The minimum Gasteiger partial charge on any atom is -0.496 e. The van der Waals surface area contributed by atoms with Gasteiger partial charge in [-0.2, -0.15) is 0 Å². The normalized spacial score (nSPS) is 14.0. The summed E-state index contributed by atoms with van der Waals surface area (Å²) >= 11 is 0. The maximum absolute atomic E-state index is 14.9. The Morgan fingerprint density at radius 3 is 1.90 bits per heavy atom. The van der Waals surface area contributed by atoms with Crippen molar-refractivity contribution in [2.24, 2.45) is 0 Å². The van der Waals surface area contributed by atoms with Crippen LogP contribution in [-0.2, 0) is 10.7 Å². The zero-order valence-corrected chi connectivity index (χ0v) is 19.0. The molecule has 3 aromatic carbocycles. The van der Waals surface area contributed by atoms with Crippen LogP contribution in [0.5, 0.6) is 11.5 Å². The molecule has 2 unspecified atom stereocenters. The van der Waals surface area contributed by atoms with Crippen molar-refractivity contribution in [3.8, 4) is 11.5 Å². The molecular weight excluding hydrogens is 391 g/mol. The average Bonchev–Trinajstić information content (AvgIpc) is 2.79. The summed E-state index contributed by atoms with van der Waals surface area (Å²) in [6.45, 7) is 2.15. The van der Waals surface area contributed by atoms with E-state index in [4.69, 9.17) is 9.47 Å². The third-order valence-electron chi connectivity index (χ3n) is 5.51. The van der Waals surface area contributed by atoms with Crippen LogP contribution in [0, 0.1) is 0 Å². The molecule has 0 radical (unpaired) electrons. The number of hydrogen-bond donors (Lipinski definition) is 0. The van der Waals surface area contributed by atoms with Gasteiger partial charge in [-0.25, -0.2) is 0 Å². The van der Waals surface area contributed by atoms with Gasteiger partial charge in [0.1, 0.15) is 18.6 Å². The Kier molecular flexibility index (Phi) is 7.76. The van der Waals surface area contributed by atoms with Crippen LogP contribution in [0.25, 0.3) is 0 Å². The second-order valence-corrected chi connectivity index (χ2v) is 10.7. The van der Waals surface area contributed by atoms with Gasteiger partial charge in [-0.1, -0.05) is 80.1 Å². The van der Waals surface area contributed by atoms with Crippen molar-refractivity contribution >= 4 is 7.14 Å². The van der Waals surface area contributed by atoms with Crippen molar-refractivity contribution in [2.45, 2.75) is 31.6 Å². The fraction of sp³-hybridized carbons (Fsp3) is 0.308. The first kappa shape index (κ1) is 22.2. The van der Waals surface area contributed by atoms with Crippen molar-refractivity contribution in [1.29, 1.82) is 0 Å². The highest BCUT2D eigenvalue weighted by Gasteiger charge is 2.38. The maximum Gasteiger partial charge on any atom is 0.126 e. The number of ether oxygens (including phenoxy) is 2. The molecular formula is C26H31O3P. The molecule has 0 saturated carbocycles. The molecule has 3 nitrogen and oxygen atoms in total. The van der Waals surface area contributed by atoms with Gasteiger partial charge in [0.15, 0.2) is 0 Å². The van der Waals surface area contributed by atoms with Gasteiger partial charge in [-0.15, -0.1) is 0 Å². The average molecular weight is 423 g/mol.